The molecule has 21 N–H and O–H groups in total. The van der Waals surface area contributed by atoms with E-state index < -0.39 is 249 Å². The van der Waals surface area contributed by atoms with Gasteiger partial charge in [0.1, 0.15) is 146 Å². The van der Waals surface area contributed by atoms with E-state index in [9.17, 15) is 107 Å². The Hall–Kier alpha value is -1.40. The Kier molecular flexibility index (Phi) is 24.2. The van der Waals surface area contributed by atoms with Gasteiger partial charge in [-0.25, -0.2) is 9.78 Å². The molecule has 35 heteroatoms. The molecule has 0 spiro atoms. The fourth-order valence-corrected chi connectivity index (χ4v) is 9.32. The van der Waals surface area contributed by atoms with Gasteiger partial charge in [0.25, 0.3) is 0 Å². The monoisotopic (exact) mass is 1140 g/mol. The predicted octanol–water partition coefficient (Wildman–Crippen LogP) is -14.0. The first-order valence-corrected chi connectivity index (χ1v) is 24.5. The smallest absolute Gasteiger partial charge is 0.209 e. The Morgan fingerprint density at radius 3 is 0.935 bits per heavy atom. The summed E-state index contributed by atoms with van der Waals surface area (Å²) in [6.45, 7) is -5.30. The summed E-state index contributed by atoms with van der Waals surface area (Å²) in [4.78, 5) is 10.6. The van der Waals surface area contributed by atoms with Crippen molar-refractivity contribution in [1.82, 2.24) is 0 Å². The molecule has 0 amide bonds. The average Bonchev–Trinajstić information content (AvgIpc) is 3.42. The molecule has 13 aliphatic heterocycles. The van der Waals surface area contributed by atoms with Gasteiger partial charge in [-0.15, -0.1) is 0 Å². The quantitative estimate of drug-likeness (QED) is 0.0713. The Morgan fingerprint density at radius 1 is 0.312 bits per heavy atom. The third-order valence-electron chi connectivity index (χ3n) is 13.8. The fraction of sp³-hybridized carbons (Fsp3) is 1.00. The van der Waals surface area contributed by atoms with Crippen molar-refractivity contribution in [1.29, 1.82) is 0 Å². The molecule has 0 radical (unpaired) electrons. The van der Waals surface area contributed by atoms with Crippen molar-refractivity contribution < 1.29 is 174 Å². The molecule has 0 saturated carbocycles. The summed E-state index contributed by atoms with van der Waals surface area (Å²) in [5.41, 5.74) is 0. The lowest BCUT2D eigenvalue weighted by atomic mass is 9.95. The highest BCUT2D eigenvalue weighted by atomic mass is 17.2. The lowest BCUT2D eigenvalue weighted by Crippen LogP contribution is -2.67. The molecule has 10 bridgehead atoms. The van der Waals surface area contributed by atoms with Gasteiger partial charge in [0.2, 0.25) is 12.6 Å². The highest BCUT2D eigenvalue weighted by molar-refractivity contribution is 4.99. The van der Waals surface area contributed by atoms with E-state index in [0.717, 1.165) is 6.92 Å². The minimum atomic E-state index is -2.66. The zero-order valence-corrected chi connectivity index (χ0v) is 41.1. The maximum Gasteiger partial charge on any atom is 0.209 e. The summed E-state index contributed by atoms with van der Waals surface area (Å²) >= 11 is 0. The zero-order chi connectivity index (χ0) is 56.9. The molecule has 77 heavy (non-hydrogen) atoms. The summed E-state index contributed by atoms with van der Waals surface area (Å²) in [6, 6.07) is 0. The van der Waals surface area contributed by atoms with Crippen molar-refractivity contribution in [2.45, 2.75) is 217 Å². The first-order valence-electron chi connectivity index (χ1n) is 24.5. The molecule has 13 heterocycles. The third kappa shape index (κ3) is 14.3. The number of aliphatic hydroxyl groups excluding tert-OH is 20. The number of hydrogen-bond acceptors (Lipinski definition) is 35. The number of hydrogen-bond donors (Lipinski definition) is 21. The van der Waals surface area contributed by atoms with Crippen molar-refractivity contribution in [2.24, 2.45) is 0 Å². The number of aliphatic hydroxyl groups is 21. The largest absolute Gasteiger partial charge is 0.394 e. The summed E-state index contributed by atoms with van der Waals surface area (Å²) in [5.74, 6) is 0. The van der Waals surface area contributed by atoms with Crippen LogP contribution in [-0.2, 0) is 66.6 Å². The highest BCUT2D eigenvalue weighted by Crippen LogP contribution is 2.36. The van der Waals surface area contributed by atoms with E-state index in [1.165, 1.54) is 6.92 Å². The van der Waals surface area contributed by atoms with Crippen LogP contribution in [-0.4, -0.2) is 356 Å². The zero-order valence-electron chi connectivity index (χ0n) is 41.1. The predicted molar refractivity (Wildman–Crippen MR) is 232 cm³/mol. The van der Waals surface area contributed by atoms with Gasteiger partial charge in [-0.1, -0.05) is 0 Å². The topological polar surface area (TPSA) is 554 Å². The van der Waals surface area contributed by atoms with Crippen LogP contribution in [0.1, 0.15) is 13.8 Å². The molecule has 13 saturated heterocycles. The van der Waals surface area contributed by atoms with E-state index in [1.54, 1.807) is 0 Å². The van der Waals surface area contributed by atoms with Crippen molar-refractivity contribution >= 4 is 0 Å². The van der Waals surface area contributed by atoms with Crippen LogP contribution in [0.25, 0.3) is 0 Å². The Bertz CT molecular complexity index is 1720. The minimum absolute atomic E-state index is 1.01. The first-order chi connectivity index (χ1) is 36.5. The minimum Gasteiger partial charge on any atom is -0.394 e. The molecule has 0 aromatic rings. The van der Waals surface area contributed by atoms with Gasteiger partial charge in [0.15, 0.2) is 31.5 Å². The van der Waals surface area contributed by atoms with Gasteiger partial charge in [-0.3, -0.25) is 0 Å². The maximum absolute atomic E-state index is 11.3. The van der Waals surface area contributed by atoms with E-state index >= 15 is 0 Å². The number of fused-ring (bicyclic) bond motifs is 1. The molecule has 32 atom stereocenters. The third-order valence-corrected chi connectivity index (χ3v) is 13.8. The summed E-state index contributed by atoms with van der Waals surface area (Å²) in [6.07, 6.45) is -66.5. The van der Waals surface area contributed by atoms with Crippen LogP contribution >= 0.6 is 0 Å². The molecule has 30 unspecified atom stereocenters. The summed E-state index contributed by atoms with van der Waals surface area (Å²) < 4.78 is 67.7. The average molecular weight is 1140 g/mol. The van der Waals surface area contributed by atoms with Crippen LogP contribution in [0, 0.1) is 0 Å². The van der Waals surface area contributed by atoms with Gasteiger partial charge in [-0.2, -0.15) is 0 Å². The van der Waals surface area contributed by atoms with Gasteiger partial charge >= 0.3 is 0 Å². The second-order valence-electron chi connectivity index (χ2n) is 19.1. The normalized spacial score (nSPS) is 50.2. The van der Waals surface area contributed by atoms with Crippen molar-refractivity contribution in [3.05, 3.63) is 0 Å². The molecule has 452 valence electrons. The van der Waals surface area contributed by atoms with E-state index in [-0.39, 0.29) is 0 Å². The van der Waals surface area contributed by atoms with Gasteiger partial charge < -0.3 is 164 Å². The van der Waals surface area contributed by atoms with E-state index in [0.29, 0.717) is 0 Å². The summed E-state index contributed by atoms with van der Waals surface area (Å²) in [5, 5.41) is 227. The molecule has 0 aromatic carbocycles. The first kappa shape index (κ1) is 64.8. The summed E-state index contributed by atoms with van der Waals surface area (Å²) in [7, 11) is 0. The lowest BCUT2D eigenvalue weighted by Gasteiger charge is -2.49. The second-order valence-corrected chi connectivity index (χ2v) is 19.1. The Morgan fingerprint density at radius 2 is 0.610 bits per heavy atom. The van der Waals surface area contributed by atoms with Crippen molar-refractivity contribution in [3.63, 3.8) is 0 Å². The molecular formula is C42H74O35. The van der Waals surface area contributed by atoms with Crippen molar-refractivity contribution in [3.8, 4) is 0 Å². The number of rotatable bonds is 10. The van der Waals surface area contributed by atoms with Crippen LogP contribution in [0.4, 0.5) is 0 Å². The molecular weight excluding hydrogens is 1060 g/mol. The Labute approximate surface area is 436 Å². The van der Waals surface area contributed by atoms with Crippen LogP contribution in [0.3, 0.4) is 0 Å². The molecule has 0 aromatic heterocycles. The van der Waals surface area contributed by atoms with E-state index in [4.69, 9.17) is 66.6 Å². The van der Waals surface area contributed by atoms with Crippen LogP contribution < -0.4 is 0 Å². The van der Waals surface area contributed by atoms with Gasteiger partial charge in [-0.05, 0) is 13.8 Å². The highest BCUT2D eigenvalue weighted by Gasteiger charge is 2.57. The number of ether oxygens (including phenoxy) is 12. The maximum atomic E-state index is 11.3. The fourth-order valence-electron chi connectivity index (χ4n) is 9.32. The lowest BCUT2D eigenvalue weighted by molar-refractivity contribution is -0.434. The molecule has 13 fully saturated rings. The molecule has 13 aliphatic rings. The molecule has 35 nitrogen and oxygen atoms in total. The molecule has 0 aliphatic carbocycles. The Balaban J connectivity index is 1.32. The van der Waals surface area contributed by atoms with Crippen LogP contribution in [0.5, 0.6) is 0 Å². The van der Waals surface area contributed by atoms with E-state index in [1.807, 2.05) is 0 Å². The standard InChI is InChI=1S/C42H74O35/c1-10(50)19(51)34-18(9-49)76-77-35-17(8-48)70-41(29(61)24(35)56)73-32-15(6-46)68-39(27(59)22(32)54)72-31-14(5-45)67-38(26(58)21(31)53)71-30-13(4-44)66-37(25(57)20(30)52)64-11(2)12(3-43)65-42(36(62)63)75-33-16(7-47)69-40(74-34)28(60)23(33)55/h10-63H,3-9H2,1-2H3/t10-,11+,12?,13?,14?,15?,16?,17?,18?,19?,20?,21?,22?,23?,24?,25?,26?,27?,28?,29?,30?,31?,32?,33?,34?,35?,37?,38?,39?,40?,41?,42?/m1/s1. The van der Waals surface area contributed by atoms with Gasteiger partial charge in [0.05, 0.1) is 58.5 Å². The van der Waals surface area contributed by atoms with Crippen LogP contribution in [0.2, 0.25) is 0 Å². The van der Waals surface area contributed by atoms with Crippen molar-refractivity contribution in [2.75, 3.05) is 46.2 Å². The van der Waals surface area contributed by atoms with Crippen LogP contribution in [0.15, 0.2) is 0 Å². The molecule has 13 rings (SSSR count). The SMILES string of the molecule is C[C@@H]1OC2OC(CO)C(OC3OC(CO)C(OC4OC(CO)C(OC5OC(CO)C(OOC(CO)C(C(O)[C@@H](C)O)OC6OC(CO)C(OC(C(O)O)OC1CO)C(O)C6O)C(O)C5O)C(O)C4O)C(O)C3O)C(O)C2O. The van der Waals surface area contributed by atoms with E-state index in [2.05, 4.69) is 0 Å². The second kappa shape index (κ2) is 28.7. The van der Waals surface area contributed by atoms with Gasteiger partial charge in [0, 0.05) is 0 Å².